The Morgan fingerprint density at radius 2 is 1.90 bits per heavy atom. The molecule has 110 valence electrons. The summed E-state index contributed by atoms with van der Waals surface area (Å²) in [4.78, 5) is 14.5. The molecule has 4 nitrogen and oxygen atoms in total. The minimum Gasteiger partial charge on any atom is -0.459 e. The van der Waals surface area contributed by atoms with E-state index in [-0.39, 0.29) is 5.97 Å². The first-order chi connectivity index (χ1) is 9.51. The molecule has 1 fully saturated rings. The van der Waals surface area contributed by atoms with Crippen LogP contribution in [0.3, 0.4) is 0 Å². The number of nitrogens with zero attached hydrogens (tertiary/aromatic N) is 1. The summed E-state index contributed by atoms with van der Waals surface area (Å²) in [5.41, 5.74) is 6.40. The number of esters is 1. The quantitative estimate of drug-likeness (QED) is 0.854. The molecule has 4 heteroatoms. The van der Waals surface area contributed by atoms with Crippen molar-refractivity contribution in [2.24, 2.45) is 5.73 Å². The van der Waals surface area contributed by atoms with Gasteiger partial charge in [0.1, 0.15) is 12.1 Å². The SMILES string of the molecule is CC(C)N1CCC(N)(C(=O)OCc2ccccc2)CC1. The van der Waals surface area contributed by atoms with Crippen LogP contribution in [0.15, 0.2) is 30.3 Å². The molecule has 1 aliphatic rings. The van der Waals surface area contributed by atoms with Gasteiger partial charge in [0.05, 0.1) is 0 Å². The maximum Gasteiger partial charge on any atom is 0.326 e. The Labute approximate surface area is 120 Å². The number of benzene rings is 1. The van der Waals surface area contributed by atoms with Gasteiger partial charge in [-0.15, -0.1) is 0 Å². The number of rotatable bonds is 4. The van der Waals surface area contributed by atoms with E-state index in [9.17, 15) is 4.79 Å². The third-order valence-corrected chi connectivity index (χ3v) is 4.04. The molecule has 2 N–H and O–H groups in total. The largest absolute Gasteiger partial charge is 0.459 e. The van der Waals surface area contributed by atoms with Crippen molar-refractivity contribution in [2.75, 3.05) is 13.1 Å². The summed E-state index contributed by atoms with van der Waals surface area (Å²) in [6, 6.07) is 10.2. The topological polar surface area (TPSA) is 55.6 Å². The van der Waals surface area contributed by atoms with Crippen molar-refractivity contribution in [3.8, 4) is 0 Å². The second-order valence-electron chi connectivity index (χ2n) is 5.85. The van der Waals surface area contributed by atoms with E-state index in [4.69, 9.17) is 10.5 Å². The predicted molar refractivity (Wildman–Crippen MR) is 79.1 cm³/mol. The van der Waals surface area contributed by atoms with Crippen LogP contribution in [0.25, 0.3) is 0 Å². The van der Waals surface area contributed by atoms with Gasteiger partial charge in [0.15, 0.2) is 0 Å². The van der Waals surface area contributed by atoms with E-state index >= 15 is 0 Å². The van der Waals surface area contributed by atoms with Crippen LogP contribution >= 0.6 is 0 Å². The lowest BCUT2D eigenvalue weighted by molar-refractivity contribution is -0.153. The molecule has 1 saturated heterocycles. The molecule has 1 aromatic rings. The van der Waals surface area contributed by atoms with Gasteiger partial charge in [0.2, 0.25) is 0 Å². The Bertz CT molecular complexity index is 437. The highest BCUT2D eigenvalue weighted by molar-refractivity contribution is 5.80. The van der Waals surface area contributed by atoms with Gasteiger partial charge >= 0.3 is 5.97 Å². The average molecular weight is 276 g/mol. The average Bonchev–Trinajstić information content (AvgIpc) is 2.46. The van der Waals surface area contributed by atoms with E-state index in [1.165, 1.54) is 0 Å². The maximum atomic E-state index is 12.2. The van der Waals surface area contributed by atoms with Crippen molar-refractivity contribution in [3.63, 3.8) is 0 Å². The van der Waals surface area contributed by atoms with Gasteiger partial charge in [-0.2, -0.15) is 0 Å². The highest BCUT2D eigenvalue weighted by atomic mass is 16.5. The number of carbonyl (C=O) groups is 1. The molecule has 0 atom stereocenters. The van der Waals surface area contributed by atoms with Gasteiger partial charge in [-0.25, -0.2) is 0 Å². The monoisotopic (exact) mass is 276 g/mol. The Hall–Kier alpha value is -1.39. The molecule has 1 heterocycles. The molecule has 0 radical (unpaired) electrons. The fourth-order valence-corrected chi connectivity index (χ4v) is 2.51. The number of ether oxygens (including phenoxy) is 1. The van der Waals surface area contributed by atoms with Gasteiger partial charge < -0.3 is 15.4 Å². The third-order valence-electron chi connectivity index (χ3n) is 4.04. The first kappa shape index (κ1) is 15.0. The van der Waals surface area contributed by atoms with E-state index in [0.717, 1.165) is 18.7 Å². The zero-order chi connectivity index (χ0) is 14.6. The molecule has 0 aromatic heterocycles. The smallest absolute Gasteiger partial charge is 0.326 e. The molecule has 2 rings (SSSR count). The maximum absolute atomic E-state index is 12.2. The Balaban J connectivity index is 1.86. The first-order valence-corrected chi connectivity index (χ1v) is 7.25. The molecular formula is C16H24N2O2. The van der Waals surface area contributed by atoms with Gasteiger partial charge in [-0.3, -0.25) is 4.79 Å². The Kier molecular flexibility index (Phi) is 4.78. The lowest BCUT2D eigenvalue weighted by Crippen LogP contribution is -2.57. The predicted octanol–water partition coefficient (Wildman–Crippen LogP) is 1.93. The van der Waals surface area contributed by atoms with Gasteiger partial charge in [-0.05, 0) is 32.3 Å². The summed E-state index contributed by atoms with van der Waals surface area (Å²) in [6.45, 7) is 6.34. The van der Waals surface area contributed by atoms with Crippen molar-refractivity contribution >= 4 is 5.97 Å². The number of nitrogens with two attached hydrogens (primary N) is 1. The Morgan fingerprint density at radius 1 is 1.30 bits per heavy atom. The minimum absolute atomic E-state index is 0.273. The normalized spacial score (nSPS) is 19.0. The number of piperidine rings is 1. The van der Waals surface area contributed by atoms with Gasteiger partial charge in [0.25, 0.3) is 0 Å². The number of likely N-dealkylation sites (tertiary alicyclic amines) is 1. The molecule has 20 heavy (non-hydrogen) atoms. The van der Waals surface area contributed by atoms with Crippen LogP contribution in [0.2, 0.25) is 0 Å². The van der Waals surface area contributed by atoms with Crippen LogP contribution in [0.1, 0.15) is 32.3 Å². The first-order valence-electron chi connectivity index (χ1n) is 7.25. The fraction of sp³-hybridized carbons (Fsp3) is 0.562. The molecule has 0 amide bonds. The second kappa shape index (κ2) is 6.37. The molecule has 1 aromatic carbocycles. The molecule has 0 bridgehead atoms. The van der Waals surface area contributed by atoms with Crippen molar-refractivity contribution in [2.45, 2.75) is 44.9 Å². The highest BCUT2D eigenvalue weighted by Gasteiger charge is 2.39. The standard InChI is InChI=1S/C16H24N2O2/c1-13(2)18-10-8-16(17,9-11-18)15(19)20-12-14-6-4-3-5-7-14/h3-7,13H,8-12,17H2,1-2H3. The summed E-state index contributed by atoms with van der Waals surface area (Å²) >= 11 is 0. The molecule has 1 aliphatic heterocycles. The summed E-state index contributed by atoms with van der Waals surface area (Å²) < 4.78 is 5.38. The molecule has 0 spiro atoms. The van der Waals surface area contributed by atoms with Crippen molar-refractivity contribution in [1.82, 2.24) is 4.90 Å². The fourth-order valence-electron chi connectivity index (χ4n) is 2.51. The minimum atomic E-state index is -0.819. The van der Waals surface area contributed by atoms with E-state index in [1.54, 1.807) is 0 Å². The van der Waals surface area contributed by atoms with Crippen molar-refractivity contribution < 1.29 is 9.53 Å². The zero-order valence-electron chi connectivity index (χ0n) is 12.3. The van der Waals surface area contributed by atoms with E-state index in [0.29, 0.717) is 25.5 Å². The van der Waals surface area contributed by atoms with E-state index < -0.39 is 5.54 Å². The summed E-state index contributed by atoms with van der Waals surface area (Å²) in [6.07, 6.45) is 1.33. The van der Waals surface area contributed by atoms with Crippen molar-refractivity contribution in [3.05, 3.63) is 35.9 Å². The molecule has 0 saturated carbocycles. The lowest BCUT2D eigenvalue weighted by atomic mass is 9.88. The molecule has 0 unspecified atom stereocenters. The van der Waals surface area contributed by atoms with Crippen LogP contribution in [0.4, 0.5) is 0 Å². The lowest BCUT2D eigenvalue weighted by Gasteiger charge is -2.39. The Morgan fingerprint density at radius 3 is 2.45 bits per heavy atom. The van der Waals surface area contributed by atoms with E-state index in [2.05, 4.69) is 18.7 Å². The summed E-state index contributed by atoms with van der Waals surface area (Å²) in [5.74, 6) is -0.273. The van der Waals surface area contributed by atoms with Gasteiger partial charge in [-0.1, -0.05) is 30.3 Å². The van der Waals surface area contributed by atoms with E-state index in [1.807, 2.05) is 30.3 Å². The summed E-state index contributed by atoms with van der Waals surface area (Å²) in [5, 5.41) is 0. The number of hydrogen-bond donors (Lipinski definition) is 1. The summed E-state index contributed by atoms with van der Waals surface area (Å²) in [7, 11) is 0. The van der Waals surface area contributed by atoms with Crippen LogP contribution in [-0.4, -0.2) is 35.5 Å². The van der Waals surface area contributed by atoms with Crippen LogP contribution in [-0.2, 0) is 16.1 Å². The molecular weight excluding hydrogens is 252 g/mol. The van der Waals surface area contributed by atoms with Crippen LogP contribution in [0.5, 0.6) is 0 Å². The highest BCUT2D eigenvalue weighted by Crippen LogP contribution is 2.23. The number of hydrogen-bond acceptors (Lipinski definition) is 4. The van der Waals surface area contributed by atoms with Crippen LogP contribution in [0, 0.1) is 0 Å². The third kappa shape index (κ3) is 3.58. The zero-order valence-corrected chi connectivity index (χ0v) is 12.3. The molecule has 0 aliphatic carbocycles. The second-order valence-corrected chi connectivity index (χ2v) is 5.85. The van der Waals surface area contributed by atoms with Crippen molar-refractivity contribution in [1.29, 1.82) is 0 Å². The number of carbonyl (C=O) groups excluding carboxylic acids is 1. The van der Waals surface area contributed by atoms with Crippen LogP contribution < -0.4 is 5.73 Å². The van der Waals surface area contributed by atoms with Gasteiger partial charge in [0, 0.05) is 19.1 Å².